The fourth-order valence-corrected chi connectivity index (χ4v) is 5.08. The van der Waals surface area contributed by atoms with Gasteiger partial charge in [-0.15, -0.1) is 0 Å². The number of hydrogen-bond acceptors (Lipinski definition) is 4. The Morgan fingerprint density at radius 3 is 2.72 bits per heavy atom. The van der Waals surface area contributed by atoms with E-state index in [1.54, 1.807) is 18.2 Å². The van der Waals surface area contributed by atoms with Crippen LogP contribution in [0.1, 0.15) is 43.7 Å². The fraction of sp³-hybridized carbons (Fsp3) is 0.545. The molecule has 1 amide bonds. The summed E-state index contributed by atoms with van der Waals surface area (Å²) in [5, 5.41) is 0. The predicted molar refractivity (Wildman–Crippen MR) is 99.0 cm³/mol. The molecule has 7 heteroatoms. The highest BCUT2D eigenvalue weighted by Crippen LogP contribution is 2.47. The van der Waals surface area contributed by atoms with Crippen LogP contribution in [0.5, 0.6) is 0 Å². The average Bonchev–Trinajstić information content (AvgIpc) is 3.31. The number of alkyl halides is 1. The molecule has 0 bridgehead atoms. The summed E-state index contributed by atoms with van der Waals surface area (Å²) >= 11 is 0. The van der Waals surface area contributed by atoms with Crippen molar-refractivity contribution in [2.75, 3.05) is 13.2 Å². The lowest BCUT2D eigenvalue weighted by Gasteiger charge is -2.36. The zero-order valence-electron chi connectivity index (χ0n) is 16.0. The van der Waals surface area contributed by atoms with Crippen molar-refractivity contribution < 1.29 is 27.8 Å². The highest BCUT2D eigenvalue weighted by Gasteiger charge is 2.53. The molecular formula is C22H23F2NO4. The third-order valence-corrected chi connectivity index (χ3v) is 6.50. The van der Waals surface area contributed by atoms with Crippen molar-refractivity contribution in [1.82, 2.24) is 4.90 Å². The second-order valence-corrected chi connectivity index (χ2v) is 8.30. The standard InChI is InChI=1S/C22H23F2NO4/c23-12-7-8-17-15(10-12)20(26)18-19(14-5-1-2-6-16(14)24)25(22(27)21(18)29-17)11-13-4-3-9-28-13/h1-2,5-6,12-13,15,17,19H,3-4,7-11H2. The Balaban J connectivity index is 1.57. The summed E-state index contributed by atoms with van der Waals surface area (Å²) in [5.41, 5.74) is 0.431. The van der Waals surface area contributed by atoms with E-state index in [2.05, 4.69) is 0 Å². The molecule has 0 radical (unpaired) electrons. The Bertz CT molecular complexity index is 879. The second kappa shape index (κ2) is 7.20. The molecule has 0 N–H and O–H groups in total. The normalized spacial score (nSPS) is 34.3. The van der Waals surface area contributed by atoms with Gasteiger partial charge in [0.2, 0.25) is 0 Å². The quantitative estimate of drug-likeness (QED) is 0.778. The number of ether oxygens (including phenoxy) is 2. The molecule has 3 heterocycles. The molecule has 5 atom stereocenters. The van der Waals surface area contributed by atoms with Crippen LogP contribution >= 0.6 is 0 Å². The van der Waals surface area contributed by atoms with Crippen LogP contribution in [0.25, 0.3) is 0 Å². The van der Waals surface area contributed by atoms with Crippen molar-refractivity contribution in [3.63, 3.8) is 0 Å². The first-order valence-electron chi connectivity index (χ1n) is 10.3. The third kappa shape index (κ3) is 3.06. The summed E-state index contributed by atoms with van der Waals surface area (Å²) in [5.74, 6) is -1.78. The van der Waals surface area contributed by atoms with Gasteiger partial charge < -0.3 is 14.4 Å². The fourth-order valence-electron chi connectivity index (χ4n) is 5.08. The summed E-state index contributed by atoms with van der Waals surface area (Å²) < 4.78 is 40.4. The van der Waals surface area contributed by atoms with Crippen LogP contribution in [0.2, 0.25) is 0 Å². The van der Waals surface area contributed by atoms with Gasteiger partial charge in [0, 0.05) is 18.7 Å². The molecule has 1 aromatic rings. The summed E-state index contributed by atoms with van der Waals surface area (Å²) in [6, 6.07) is 5.29. The van der Waals surface area contributed by atoms with Crippen LogP contribution in [0.3, 0.4) is 0 Å². The molecule has 4 aliphatic rings. The van der Waals surface area contributed by atoms with Crippen molar-refractivity contribution in [2.45, 2.75) is 56.5 Å². The first-order valence-corrected chi connectivity index (χ1v) is 10.3. The molecule has 5 rings (SSSR count). The maximum atomic E-state index is 14.7. The van der Waals surface area contributed by atoms with Crippen LogP contribution in [0, 0.1) is 11.7 Å². The molecule has 1 saturated heterocycles. The number of fused-ring (bicyclic) bond motifs is 1. The van der Waals surface area contributed by atoms with E-state index < -0.39 is 36.0 Å². The van der Waals surface area contributed by atoms with E-state index in [1.165, 1.54) is 11.0 Å². The van der Waals surface area contributed by atoms with Gasteiger partial charge in [-0.05, 0) is 38.2 Å². The van der Waals surface area contributed by atoms with E-state index in [-0.39, 0.29) is 41.7 Å². The van der Waals surface area contributed by atoms with E-state index in [1.807, 2.05) is 0 Å². The van der Waals surface area contributed by atoms with Gasteiger partial charge in [0.25, 0.3) is 5.91 Å². The van der Waals surface area contributed by atoms with Crippen molar-refractivity contribution in [3.8, 4) is 0 Å². The van der Waals surface area contributed by atoms with Crippen LogP contribution in [-0.2, 0) is 19.1 Å². The number of rotatable bonds is 3. The van der Waals surface area contributed by atoms with E-state index in [0.29, 0.717) is 19.4 Å². The number of carbonyl (C=O) groups is 2. The van der Waals surface area contributed by atoms with Gasteiger partial charge in [-0.3, -0.25) is 9.59 Å². The summed E-state index contributed by atoms with van der Waals surface area (Å²) in [4.78, 5) is 28.1. The van der Waals surface area contributed by atoms with Crippen molar-refractivity contribution in [1.29, 1.82) is 0 Å². The molecule has 2 fully saturated rings. The molecule has 0 aromatic heterocycles. The summed E-state index contributed by atoms with van der Waals surface area (Å²) in [6.07, 6.45) is 0.828. The second-order valence-electron chi connectivity index (χ2n) is 8.30. The topological polar surface area (TPSA) is 55.8 Å². The van der Waals surface area contributed by atoms with Gasteiger partial charge >= 0.3 is 0 Å². The number of Topliss-reactive ketones (excluding diaryl/α,β-unsaturated/α-hetero) is 1. The van der Waals surface area contributed by atoms with Gasteiger partial charge in [-0.1, -0.05) is 18.2 Å². The van der Waals surface area contributed by atoms with Crippen LogP contribution in [0.15, 0.2) is 35.6 Å². The van der Waals surface area contributed by atoms with Crippen molar-refractivity contribution in [2.24, 2.45) is 5.92 Å². The average molecular weight is 403 g/mol. The molecule has 1 aromatic carbocycles. The maximum absolute atomic E-state index is 14.7. The van der Waals surface area contributed by atoms with E-state index in [9.17, 15) is 18.4 Å². The summed E-state index contributed by atoms with van der Waals surface area (Å²) in [7, 11) is 0. The number of carbonyl (C=O) groups excluding carboxylic acids is 2. The molecule has 1 aliphatic carbocycles. The molecule has 29 heavy (non-hydrogen) atoms. The molecule has 0 spiro atoms. The first-order chi connectivity index (χ1) is 14.0. The van der Waals surface area contributed by atoms with Crippen molar-refractivity contribution in [3.05, 3.63) is 47.0 Å². The van der Waals surface area contributed by atoms with E-state index >= 15 is 0 Å². The molecule has 5 nitrogen and oxygen atoms in total. The SMILES string of the molecule is O=C1C2=C(OC3CCC(F)CC13)C(=O)N(CC1CCCO1)C2c1ccccc1F. The zero-order valence-corrected chi connectivity index (χ0v) is 16.0. The predicted octanol–water partition coefficient (Wildman–Crippen LogP) is 3.25. The van der Waals surface area contributed by atoms with Crippen molar-refractivity contribution >= 4 is 11.7 Å². The molecule has 1 saturated carbocycles. The van der Waals surface area contributed by atoms with Gasteiger partial charge in [-0.25, -0.2) is 8.78 Å². The number of hydrogen-bond donors (Lipinski definition) is 0. The number of ketones is 1. The lowest BCUT2D eigenvalue weighted by atomic mass is 9.77. The Kier molecular flexibility index (Phi) is 4.65. The van der Waals surface area contributed by atoms with Gasteiger partial charge in [-0.2, -0.15) is 0 Å². The minimum absolute atomic E-state index is 0.0137. The Hall–Kier alpha value is -2.28. The Morgan fingerprint density at radius 2 is 1.97 bits per heavy atom. The van der Waals surface area contributed by atoms with E-state index in [0.717, 1.165) is 12.8 Å². The Labute approximate surface area is 167 Å². The van der Waals surface area contributed by atoms with Crippen LogP contribution < -0.4 is 0 Å². The Morgan fingerprint density at radius 1 is 1.14 bits per heavy atom. The lowest BCUT2D eigenvalue weighted by Crippen LogP contribution is -2.42. The molecule has 154 valence electrons. The smallest absolute Gasteiger partial charge is 0.290 e. The number of amides is 1. The van der Waals surface area contributed by atoms with E-state index in [4.69, 9.17) is 9.47 Å². The highest BCUT2D eigenvalue weighted by atomic mass is 19.1. The lowest BCUT2D eigenvalue weighted by molar-refractivity contribution is -0.137. The first kappa shape index (κ1) is 18.7. The molecule has 3 aliphatic heterocycles. The number of halogens is 2. The van der Waals surface area contributed by atoms with Crippen LogP contribution in [-0.4, -0.2) is 48.1 Å². The molecular weight excluding hydrogens is 380 g/mol. The van der Waals surface area contributed by atoms with Crippen LogP contribution in [0.4, 0.5) is 8.78 Å². The highest BCUT2D eigenvalue weighted by molar-refractivity contribution is 6.11. The maximum Gasteiger partial charge on any atom is 0.290 e. The van der Waals surface area contributed by atoms with Gasteiger partial charge in [0.1, 0.15) is 18.1 Å². The van der Waals surface area contributed by atoms with Gasteiger partial charge in [0.15, 0.2) is 11.5 Å². The minimum atomic E-state index is -1.06. The third-order valence-electron chi connectivity index (χ3n) is 6.50. The number of benzene rings is 1. The zero-order chi connectivity index (χ0) is 20.1. The number of nitrogens with zero attached hydrogens (tertiary/aromatic N) is 1. The summed E-state index contributed by atoms with van der Waals surface area (Å²) in [6.45, 7) is 0.893. The van der Waals surface area contributed by atoms with Gasteiger partial charge in [0.05, 0.1) is 23.6 Å². The monoisotopic (exact) mass is 403 g/mol. The largest absolute Gasteiger partial charge is 0.483 e. The molecule has 5 unspecified atom stereocenters. The minimum Gasteiger partial charge on any atom is -0.483 e.